The van der Waals surface area contributed by atoms with E-state index < -0.39 is 0 Å². The summed E-state index contributed by atoms with van der Waals surface area (Å²) in [6.07, 6.45) is 0.525. The molecule has 0 bridgehead atoms. The van der Waals surface area contributed by atoms with Gasteiger partial charge in [-0.05, 0) is 12.5 Å². The predicted molar refractivity (Wildman–Crippen MR) is 66.9 cm³/mol. The number of aromatic nitrogens is 3. The molecule has 1 N–H and O–H groups in total. The summed E-state index contributed by atoms with van der Waals surface area (Å²) >= 11 is 0. The van der Waals surface area contributed by atoms with Crippen molar-refractivity contribution in [1.82, 2.24) is 15.0 Å². The van der Waals surface area contributed by atoms with E-state index >= 15 is 0 Å². The number of aromatic amines is 1. The van der Waals surface area contributed by atoms with E-state index in [4.69, 9.17) is 0 Å². The van der Waals surface area contributed by atoms with Crippen molar-refractivity contribution in [2.24, 2.45) is 0 Å². The molecule has 0 unspecified atom stereocenters. The molecule has 0 spiro atoms. The number of H-pyrrole nitrogens is 1. The van der Waals surface area contributed by atoms with Crippen molar-refractivity contribution in [3.8, 4) is 0 Å². The third-order valence-electron chi connectivity index (χ3n) is 2.38. The zero-order valence-corrected chi connectivity index (χ0v) is 9.81. The molecule has 0 saturated carbocycles. The SMILES string of the molecule is C=C(C)Cc1nn(Cc2ccccc2)[nH]c1=O. The average molecular weight is 229 g/mol. The van der Waals surface area contributed by atoms with Gasteiger partial charge in [0.05, 0.1) is 6.54 Å². The zero-order valence-electron chi connectivity index (χ0n) is 9.81. The van der Waals surface area contributed by atoms with Crippen LogP contribution in [-0.4, -0.2) is 15.0 Å². The maximum Gasteiger partial charge on any atom is 0.287 e. The van der Waals surface area contributed by atoms with Crippen molar-refractivity contribution in [2.75, 3.05) is 0 Å². The number of hydrogen-bond donors (Lipinski definition) is 1. The first-order valence-corrected chi connectivity index (χ1v) is 5.49. The number of nitrogens with one attached hydrogen (secondary N) is 1. The van der Waals surface area contributed by atoms with Crippen molar-refractivity contribution >= 4 is 0 Å². The van der Waals surface area contributed by atoms with Gasteiger partial charge in [0.25, 0.3) is 5.56 Å². The Labute approximate surface area is 99.6 Å². The molecule has 1 aromatic carbocycles. The van der Waals surface area contributed by atoms with E-state index in [1.165, 1.54) is 0 Å². The van der Waals surface area contributed by atoms with Crippen molar-refractivity contribution in [1.29, 1.82) is 0 Å². The van der Waals surface area contributed by atoms with Crippen molar-refractivity contribution in [2.45, 2.75) is 19.9 Å². The average Bonchev–Trinajstić information content (AvgIpc) is 2.59. The van der Waals surface area contributed by atoms with Gasteiger partial charge in [0.15, 0.2) is 0 Å². The van der Waals surface area contributed by atoms with E-state index in [9.17, 15) is 4.79 Å². The number of rotatable bonds is 4. The van der Waals surface area contributed by atoms with E-state index in [2.05, 4.69) is 16.8 Å². The van der Waals surface area contributed by atoms with Crippen LogP contribution in [0.3, 0.4) is 0 Å². The second-order valence-corrected chi connectivity index (χ2v) is 4.16. The summed E-state index contributed by atoms with van der Waals surface area (Å²) in [5, 5.41) is 6.94. The van der Waals surface area contributed by atoms with Crippen LogP contribution in [-0.2, 0) is 13.0 Å². The van der Waals surface area contributed by atoms with Gasteiger partial charge < -0.3 is 0 Å². The van der Waals surface area contributed by atoms with Crippen LogP contribution < -0.4 is 5.56 Å². The number of allylic oxidation sites excluding steroid dienone is 1. The van der Waals surface area contributed by atoms with E-state index in [0.29, 0.717) is 18.7 Å². The summed E-state index contributed by atoms with van der Waals surface area (Å²) in [6, 6.07) is 9.89. The van der Waals surface area contributed by atoms with Crippen LogP contribution in [0.25, 0.3) is 0 Å². The molecule has 2 rings (SSSR count). The molecule has 0 amide bonds. The minimum absolute atomic E-state index is 0.135. The van der Waals surface area contributed by atoms with Crippen LogP contribution in [0.5, 0.6) is 0 Å². The zero-order chi connectivity index (χ0) is 12.3. The van der Waals surface area contributed by atoms with E-state index in [1.807, 2.05) is 37.3 Å². The maximum atomic E-state index is 11.6. The quantitative estimate of drug-likeness (QED) is 0.812. The fourth-order valence-corrected chi connectivity index (χ4v) is 1.63. The fourth-order valence-electron chi connectivity index (χ4n) is 1.63. The molecule has 4 heteroatoms. The number of benzene rings is 1. The van der Waals surface area contributed by atoms with Gasteiger partial charge in [-0.3, -0.25) is 4.79 Å². The lowest BCUT2D eigenvalue weighted by molar-refractivity contribution is 0.583. The molecule has 0 saturated heterocycles. The second-order valence-electron chi connectivity index (χ2n) is 4.16. The van der Waals surface area contributed by atoms with Crippen molar-refractivity contribution in [3.05, 3.63) is 64.1 Å². The predicted octanol–water partition coefficient (Wildman–Crippen LogP) is 1.74. The summed E-state index contributed by atoms with van der Waals surface area (Å²) in [4.78, 5) is 13.2. The van der Waals surface area contributed by atoms with Gasteiger partial charge in [0.2, 0.25) is 0 Å². The second kappa shape index (κ2) is 4.82. The van der Waals surface area contributed by atoms with Crippen LogP contribution in [0.4, 0.5) is 0 Å². The first kappa shape index (κ1) is 11.4. The Morgan fingerprint density at radius 3 is 2.76 bits per heavy atom. The maximum absolute atomic E-state index is 11.6. The van der Waals surface area contributed by atoms with Gasteiger partial charge in [0.1, 0.15) is 5.69 Å². The molecule has 0 fully saturated rings. The van der Waals surface area contributed by atoms with Crippen LogP contribution in [0.15, 0.2) is 47.3 Å². The Bertz CT molecular complexity index is 566. The van der Waals surface area contributed by atoms with Crippen molar-refractivity contribution < 1.29 is 0 Å². The molecule has 2 aromatic rings. The van der Waals surface area contributed by atoms with Gasteiger partial charge in [-0.25, -0.2) is 9.90 Å². The first-order chi connectivity index (χ1) is 8.15. The molecule has 1 heterocycles. The largest absolute Gasteiger partial charge is 0.287 e. The Kier molecular flexibility index (Phi) is 3.23. The molecular weight excluding hydrogens is 214 g/mol. The number of hydrogen-bond acceptors (Lipinski definition) is 2. The van der Waals surface area contributed by atoms with Gasteiger partial charge in [-0.2, -0.15) is 5.10 Å². The van der Waals surface area contributed by atoms with Crippen LogP contribution in [0.2, 0.25) is 0 Å². The molecule has 4 nitrogen and oxygen atoms in total. The summed E-state index contributed by atoms with van der Waals surface area (Å²) in [5.74, 6) is 0. The molecule has 88 valence electrons. The minimum Gasteiger partial charge on any atom is -0.266 e. The summed E-state index contributed by atoms with van der Waals surface area (Å²) in [5.41, 5.74) is 2.42. The Balaban J connectivity index is 2.18. The summed E-state index contributed by atoms with van der Waals surface area (Å²) < 4.78 is 0. The topological polar surface area (TPSA) is 50.7 Å². The van der Waals surface area contributed by atoms with E-state index in [-0.39, 0.29) is 5.56 Å². The lowest BCUT2D eigenvalue weighted by Gasteiger charge is -2.00. The Morgan fingerprint density at radius 2 is 2.12 bits per heavy atom. The molecule has 0 aliphatic rings. The number of nitrogens with zero attached hydrogens (tertiary/aromatic N) is 2. The highest BCUT2D eigenvalue weighted by Gasteiger charge is 2.06. The lowest BCUT2D eigenvalue weighted by atomic mass is 10.2. The fraction of sp³-hybridized carbons (Fsp3) is 0.231. The van der Waals surface area contributed by atoms with Crippen LogP contribution in [0.1, 0.15) is 18.2 Å². The smallest absolute Gasteiger partial charge is 0.266 e. The monoisotopic (exact) mass is 229 g/mol. The summed E-state index contributed by atoms with van der Waals surface area (Å²) in [7, 11) is 0. The molecular formula is C13H15N3O. The molecule has 0 atom stereocenters. The third-order valence-corrected chi connectivity index (χ3v) is 2.38. The minimum atomic E-state index is -0.135. The highest BCUT2D eigenvalue weighted by Crippen LogP contribution is 2.01. The van der Waals surface area contributed by atoms with E-state index in [1.54, 1.807) is 4.80 Å². The standard InChI is InChI=1S/C13H15N3O/c1-10(2)8-12-13(17)15-16(14-12)9-11-6-4-3-5-7-11/h3-7H,1,8-9H2,2H3,(H,15,17). The van der Waals surface area contributed by atoms with Gasteiger partial charge in [0, 0.05) is 6.42 Å². The highest BCUT2D eigenvalue weighted by atomic mass is 16.1. The molecule has 1 aromatic heterocycles. The van der Waals surface area contributed by atoms with Crippen LogP contribution in [0, 0.1) is 0 Å². The normalized spacial score (nSPS) is 10.4. The first-order valence-electron chi connectivity index (χ1n) is 5.49. The Morgan fingerprint density at radius 1 is 1.41 bits per heavy atom. The van der Waals surface area contributed by atoms with Crippen LogP contribution >= 0.6 is 0 Å². The summed E-state index contributed by atoms with van der Waals surface area (Å²) in [6.45, 7) is 6.24. The van der Waals surface area contributed by atoms with Gasteiger partial charge >= 0.3 is 0 Å². The molecule has 17 heavy (non-hydrogen) atoms. The van der Waals surface area contributed by atoms with Crippen molar-refractivity contribution in [3.63, 3.8) is 0 Å². The van der Waals surface area contributed by atoms with Gasteiger partial charge in [-0.15, -0.1) is 0 Å². The Hall–Kier alpha value is -2.10. The molecule has 0 radical (unpaired) electrons. The molecule has 0 aliphatic carbocycles. The third kappa shape index (κ3) is 2.93. The highest BCUT2D eigenvalue weighted by molar-refractivity contribution is 5.14. The van der Waals surface area contributed by atoms with E-state index in [0.717, 1.165) is 11.1 Å². The lowest BCUT2D eigenvalue weighted by Crippen LogP contribution is -2.08. The van der Waals surface area contributed by atoms with Gasteiger partial charge in [-0.1, -0.05) is 42.5 Å². The molecule has 0 aliphatic heterocycles.